The molecule has 2 aliphatic rings. The fourth-order valence-corrected chi connectivity index (χ4v) is 11.0. The van der Waals surface area contributed by atoms with Crippen molar-refractivity contribution in [1.29, 1.82) is 0 Å². The second-order valence-electron chi connectivity index (χ2n) is 17.7. The lowest BCUT2D eigenvalue weighted by atomic mass is 9.82. The minimum Gasteiger partial charge on any atom is -0.309 e. The summed E-state index contributed by atoms with van der Waals surface area (Å²) in [5.74, 6) is 0. The van der Waals surface area contributed by atoms with Gasteiger partial charge in [0, 0.05) is 43.8 Å². The number of fused-ring (bicyclic) bond motifs is 10. The summed E-state index contributed by atoms with van der Waals surface area (Å²) in [5, 5.41) is 4.94. The molecule has 0 saturated heterocycles. The third-order valence-corrected chi connectivity index (χ3v) is 13.8. The third-order valence-electron chi connectivity index (χ3n) is 13.8. The average Bonchev–Trinajstić information content (AvgIpc) is 3.84. The van der Waals surface area contributed by atoms with Crippen molar-refractivity contribution in [2.75, 3.05) is 4.90 Å². The highest BCUT2D eigenvalue weighted by molar-refractivity contribution is 6.13. The van der Waals surface area contributed by atoms with E-state index in [-0.39, 0.29) is 10.8 Å². The second kappa shape index (κ2) is 12.7. The summed E-state index contributed by atoms with van der Waals surface area (Å²) in [6, 6.07) is 72.4. The molecule has 0 radical (unpaired) electrons. The van der Waals surface area contributed by atoms with Gasteiger partial charge < -0.3 is 9.47 Å². The van der Waals surface area contributed by atoms with Gasteiger partial charge in [-0.3, -0.25) is 0 Å². The van der Waals surface area contributed by atoms with Crippen molar-refractivity contribution >= 4 is 49.6 Å². The molecule has 2 nitrogen and oxygen atoms in total. The first-order chi connectivity index (χ1) is 29.3. The summed E-state index contributed by atoms with van der Waals surface area (Å²) >= 11 is 0. The zero-order valence-corrected chi connectivity index (χ0v) is 34.4. The fraction of sp³-hybridized carbons (Fsp3) is 0.103. The molecule has 0 saturated carbocycles. The highest BCUT2D eigenvalue weighted by Gasteiger charge is 2.41. The standard InChI is InChI=1S/C58H44N2/c1-57(2)45-26-12-8-24-42(45)55-47(57)28-17-33-52(55)59(53-34-18-29-48-56(53)43-25-9-13-27-46(43)58(48,3)4)39-35-38-21-16-32-51(54(38)44(36-39)37-19-6-5-7-20-37)60-49-30-14-10-22-40(49)41-23-11-15-31-50(41)60/h5-36H,1-4H3. The molecular formula is C58H44N2. The largest absolute Gasteiger partial charge is 0.309 e. The van der Waals surface area contributed by atoms with Gasteiger partial charge in [0.25, 0.3) is 0 Å². The predicted octanol–water partition coefficient (Wildman–Crippen LogP) is 15.7. The fourth-order valence-electron chi connectivity index (χ4n) is 11.0. The maximum Gasteiger partial charge on any atom is 0.0546 e. The number of benzene rings is 9. The molecule has 0 aliphatic heterocycles. The lowest BCUT2D eigenvalue weighted by molar-refractivity contribution is 0.660. The van der Waals surface area contributed by atoms with Crippen LogP contribution >= 0.6 is 0 Å². The average molecular weight is 769 g/mol. The summed E-state index contributed by atoms with van der Waals surface area (Å²) < 4.78 is 2.48. The van der Waals surface area contributed by atoms with Gasteiger partial charge in [-0.2, -0.15) is 0 Å². The normalized spacial score (nSPS) is 14.3. The first-order valence-corrected chi connectivity index (χ1v) is 21.2. The first kappa shape index (κ1) is 34.8. The summed E-state index contributed by atoms with van der Waals surface area (Å²) in [6.45, 7) is 9.52. The van der Waals surface area contributed by atoms with Gasteiger partial charge in [-0.25, -0.2) is 0 Å². The van der Waals surface area contributed by atoms with E-state index in [1.54, 1.807) is 0 Å². The number of hydrogen-bond acceptors (Lipinski definition) is 1. The quantitative estimate of drug-likeness (QED) is 0.169. The van der Waals surface area contributed by atoms with Crippen LogP contribution in [-0.4, -0.2) is 4.57 Å². The van der Waals surface area contributed by atoms with Crippen LogP contribution in [0, 0.1) is 0 Å². The summed E-state index contributed by atoms with van der Waals surface area (Å²) in [7, 11) is 0. The Morgan fingerprint density at radius 3 is 1.47 bits per heavy atom. The van der Waals surface area contributed by atoms with Gasteiger partial charge in [-0.05, 0) is 92.4 Å². The van der Waals surface area contributed by atoms with E-state index in [4.69, 9.17) is 0 Å². The summed E-state index contributed by atoms with van der Waals surface area (Å²) in [5.41, 5.74) is 19.9. The van der Waals surface area contributed by atoms with Crippen molar-refractivity contribution in [2.45, 2.75) is 38.5 Å². The van der Waals surface area contributed by atoms with Crippen LogP contribution < -0.4 is 4.90 Å². The number of hydrogen-bond donors (Lipinski definition) is 0. The van der Waals surface area contributed by atoms with Crippen LogP contribution in [0.4, 0.5) is 17.1 Å². The second-order valence-corrected chi connectivity index (χ2v) is 17.7. The smallest absolute Gasteiger partial charge is 0.0546 e. The van der Waals surface area contributed by atoms with Crippen LogP contribution in [0.25, 0.3) is 71.6 Å². The van der Waals surface area contributed by atoms with Gasteiger partial charge in [-0.1, -0.05) is 179 Å². The minimum atomic E-state index is -0.142. The van der Waals surface area contributed by atoms with Gasteiger partial charge in [0.2, 0.25) is 0 Å². The van der Waals surface area contributed by atoms with Gasteiger partial charge in [0.05, 0.1) is 28.1 Å². The lowest BCUT2D eigenvalue weighted by Gasteiger charge is -2.32. The molecule has 1 aromatic heterocycles. The molecule has 0 amide bonds. The molecule has 0 atom stereocenters. The molecule has 286 valence electrons. The van der Waals surface area contributed by atoms with Crippen molar-refractivity contribution in [3.63, 3.8) is 0 Å². The maximum absolute atomic E-state index is 2.59. The van der Waals surface area contributed by atoms with E-state index in [0.717, 1.165) is 5.69 Å². The molecular weight excluding hydrogens is 725 g/mol. The van der Waals surface area contributed by atoms with Gasteiger partial charge in [0.15, 0.2) is 0 Å². The molecule has 1 heterocycles. The molecule has 0 N–H and O–H groups in total. The van der Waals surface area contributed by atoms with Crippen LogP contribution in [0.5, 0.6) is 0 Å². The maximum atomic E-state index is 2.59. The Morgan fingerprint density at radius 1 is 0.400 bits per heavy atom. The van der Waals surface area contributed by atoms with E-state index >= 15 is 0 Å². The molecule has 60 heavy (non-hydrogen) atoms. The number of para-hydroxylation sites is 2. The molecule has 0 bridgehead atoms. The van der Waals surface area contributed by atoms with Crippen molar-refractivity contribution in [3.8, 4) is 39.1 Å². The Kier molecular flexibility index (Phi) is 7.36. The first-order valence-electron chi connectivity index (χ1n) is 21.2. The van der Waals surface area contributed by atoms with E-state index in [2.05, 4.69) is 231 Å². The third kappa shape index (κ3) is 4.76. The molecule has 9 aromatic carbocycles. The van der Waals surface area contributed by atoms with Crippen LogP contribution in [0.3, 0.4) is 0 Å². The topological polar surface area (TPSA) is 8.17 Å². The van der Waals surface area contributed by atoms with Gasteiger partial charge >= 0.3 is 0 Å². The van der Waals surface area contributed by atoms with Crippen LogP contribution in [0.15, 0.2) is 194 Å². The van der Waals surface area contributed by atoms with E-state index in [1.165, 1.54) is 105 Å². The van der Waals surface area contributed by atoms with Crippen LogP contribution in [-0.2, 0) is 10.8 Å². The molecule has 0 unspecified atom stereocenters. The van der Waals surface area contributed by atoms with Gasteiger partial charge in [0.1, 0.15) is 0 Å². The van der Waals surface area contributed by atoms with Crippen molar-refractivity contribution in [3.05, 3.63) is 216 Å². The van der Waals surface area contributed by atoms with Crippen LogP contribution in [0.1, 0.15) is 49.9 Å². The predicted molar refractivity (Wildman–Crippen MR) is 254 cm³/mol. The van der Waals surface area contributed by atoms with Crippen LogP contribution in [0.2, 0.25) is 0 Å². The van der Waals surface area contributed by atoms with Gasteiger partial charge in [-0.15, -0.1) is 0 Å². The Balaban J connectivity index is 1.21. The Bertz CT molecular complexity index is 3220. The number of aromatic nitrogens is 1. The molecule has 0 fully saturated rings. The molecule has 2 heteroatoms. The Labute approximate surface area is 351 Å². The number of anilines is 3. The minimum absolute atomic E-state index is 0.142. The SMILES string of the molecule is CC1(C)c2ccccc2-c2c(N(c3cc(-c4ccccc4)c4c(-n5c6ccccc6c6ccccc65)cccc4c3)c3cccc4c3-c3ccccc3C4(C)C)cccc21. The monoisotopic (exact) mass is 768 g/mol. The summed E-state index contributed by atoms with van der Waals surface area (Å²) in [6.07, 6.45) is 0. The van der Waals surface area contributed by atoms with E-state index in [0.29, 0.717) is 0 Å². The zero-order valence-electron chi connectivity index (χ0n) is 34.4. The van der Waals surface area contributed by atoms with Crippen molar-refractivity contribution < 1.29 is 0 Å². The number of rotatable bonds is 5. The molecule has 12 rings (SSSR count). The van der Waals surface area contributed by atoms with E-state index in [9.17, 15) is 0 Å². The van der Waals surface area contributed by atoms with Crippen molar-refractivity contribution in [1.82, 2.24) is 4.57 Å². The Morgan fingerprint density at radius 2 is 0.883 bits per heavy atom. The Hall–Kier alpha value is -7.16. The highest BCUT2D eigenvalue weighted by Crippen LogP contribution is 2.58. The van der Waals surface area contributed by atoms with E-state index in [1.807, 2.05) is 0 Å². The highest BCUT2D eigenvalue weighted by atomic mass is 15.1. The van der Waals surface area contributed by atoms with Crippen molar-refractivity contribution in [2.24, 2.45) is 0 Å². The lowest BCUT2D eigenvalue weighted by Crippen LogP contribution is -2.17. The number of nitrogens with zero attached hydrogens (tertiary/aromatic N) is 2. The summed E-state index contributed by atoms with van der Waals surface area (Å²) in [4.78, 5) is 2.59. The molecule has 0 spiro atoms. The molecule has 10 aromatic rings. The van der Waals surface area contributed by atoms with E-state index < -0.39 is 0 Å². The molecule has 2 aliphatic carbocycles. The zero-order chi connectivity index (χ0) is 40.3.